The summed E-state index contributed by atoms with van der Waals surface area (Å²) in [5.41, 5.74) is 1.65. The van der Waals surface area contributed by atoms with E-state index in [0.717, 1.165) is 23.9 Å². The van der Waals surface area contributed by atoms with Crippen LogP contribution in [0.4, 0.5) is 0 Å². The van der Waals surface area contributed by atoms with Gasteiger partial charge in [-0.15, -0.1) is 0 Å². The summed E-state index contributed by atoms with van der Waals surface area (Å²) in [6, 6.07) is 8.12. The lowest BCUT2D eigenvalue weighted by atomic mass is 9.88. The number of rotatable bonds is 5. The van der Waals surface area contributed by atoms with E-state index in [0.29, 0.717) is 5.41 Å². The van der Waals surface area contributed by atoms with Crippen LogP contribution < -0.4 is 0 Å². The first-order valence-corrected chi connectivity index (χ1v) is 7.69. The van der Waals surface area contributed by atoms with Crippen LogP contribution in [-0.4, -0.2) is 24.2 Å². The van der Waals surface area contributed by atoms with Crippen molar-refractivity contribution in [2.24, 2.45) is 5.41 Å². The van der Waals surface area contributed by atoms with Crippen molar-refractivity contribution in [3.63, 3.8) is 0 Å². The first-order valence-electron chi connectivity index (χ1n) is 6.68. The minimum absolute atomic E-state index is 0.430. The highest BCUT2D eigenvalue weighted by Crippen LogP contribution is 2.39. The van der Waals surface area contributed by atoms with Crippen LogP contribution in [0.3, 0.4) is 0 Å². The van der Waals surface area contributed by atoms with Gasteiger partial charge in [0.1, 0.15) is 0 Å². The fourth-order valence-corrected chi connectivity index (χ4v) is 3.65. The van der Waals surface area contributed by atoms with E-state index in [1.54, 1.807) is 0 Å². The van der Waals surface area contributed by atoms with Gasteiger partial charge < -0.3 is 4.90 Å². The van der Waals surface area contributed by atoms with Gasteiger partial charge in [0.05, 0.1) is 0 Å². The van der Waals surface area contributed by atoms with E-state index >= 15 is 0 Å². The predicted octanol–water partition coefficient (Wildman–Crippen LogP) is 4.26. The molecule has 0 N–H and O–H groups in total. The Balaban J connectivity index is 1.96. The zero-order valence-corrected chi connectivity index (χ0v) is 12.7. The molecule has 3 heteroatoms. The minimum atomic E-state index is 0.430. The topological polar surface area (TPSA) is 3.24 Å². The lowest BCUT2D eigenvalue weighted by Gasteiger charge is -2.32. The standard InChI is InChI=1S/C15H22ClNS/c1-17(10-13-6-2-3-7-14(13)16)11-15(12-18)8-4-5-9-15/h2-3,6-7,18H,4-5,8-12H2,1H3. The molecule has 2 rings (SSSR count). The molecule has 0 atom stereocenters. The highest BCUT2D eigenvalue weighted by Gasteiger charge is 2.33. The molecular weight excluding hydrogens is 262 g/mol. The van der Waals surface area contributed by atoms with Gasteiger partial charge in [0.15, 0.2) is 0 Å². The molecule has 0 bridgehead atoms. The number of hydrogen-bond donors (Lipinski definition) is 1. The van der Waals surface area contributed by atoms with Crippen LogP contribution in [0.2, 0.25) is 5.02 Å². The molecule has 0 aromatic heterocycles. The van der Waals surface area contributed by atoms with Crippen LogP contribution in [0.1, 0.15) is 31.2 Å². The molecule has 0 radical (unpaired) electrons. The van der Waals surface area contributed by atoms with Gasteiger partial charge >= 0.3 is 0 Å². The monoisotopic (exact) mass is 283 g/mol. The van der Waals surface area contributed by atoms with Gasteiger partial charge in [0.2, 0.25) is 0 Å². The third kappa shape index (κ3) is 3.43. The average Bonchev–Trinajstić information content (AvgIpc) is 2.81. The summed E-state index contributed by atoms with van der Waals surface area (Å²) in [4.78, 5) is 2.39. The molecule has 0 heterocycles. The quantitative estimate of drug-likeness (QED) is 0.790. The maximum atomic E-state index is 6.21. The second kappa shape index (κ2) is 6.31. The Bertz CT molecular complexity index is 388. The van der Waals surface area contributed by atoms with Gasteiger partial charge in [0.25, 0.3) is 0 Å². The fourth-order valence-electron chi connectivity index (χ4n) is 3.04. The summed E-state index contributed by atoms with van der Waals surface area (Å²) in [5.74, 6) is 1.000. The number of hydrogen-bond acceptors (Lipinski definition) is 2. The Morgan fingerprint density at radius 3 is 2.56 bits per heavy atom. The average molecular weight is 284 g/mol. The van der Waals surface area contributed by atoms with Gasteiger partial charge in [0, 0.05) is 18.1 Å². The SMILES string of the molecule is CN(Cc1ccccc1Cl)CC1(CS)CCCC1. The van der Waals surface area contributed by atoms with E-state index in [4.69, 9.17) is 11.6 Å². The zero-order chi connectivity index (χ0) is 13.0. The van der Waals surface area contributed by atoms with Gasteiger partial charge in [-0.1, -0.05) is 42.6 Å². The third-order valence-corrected chi connectivity index (χ3v) is 5.04. The van der Waals surface area contributed by atoms with Crippen LogP contribution in [0.15, 0.2) is 24.3 Å². The molecule has 1 aromatic carbocycles. The molecule has 1 saturated carbocycles. The maximum Gasteiger partial charge on any atom is 0.0451 e. The Labute approximate surface area is 121 Å². The Hall–Kier alpha value is -0.180. The van der Waals surface area contributed by atoms with Crippen LogP contribution in [0.5, 0.6) is 0 Å². The molecule has 1 aliphatic rings. The molecule has 1 aliphatic carbocycles. The normalized spacial score (nSPS) is 18.4. The van der Waals surface area contributed by atoms with Crippen LogP contribution in [0.25, 0.3) is 0 Å². The number of halogens is 1. The first-order chi connectivity index (χ1) is 8.65. The van der Waals surface area contributed by atoms with Gasteiger partial charge in [-0.05, 0) is 42.7 Å². The largest absolute Gasteiger partial charge is 0.301 e. The summed E-state index contributed by atoms with van der Waals surface area (Å²) in [5, 5.41) is 0.871. The summed E-state index contributed by atoms with van der Waals surface area (Å²) in [6.45, 7) is 2.05. The molecule has 0 amide bonds. The van der Waals surface area contributed by atoms with E-state index in [1.807, 2.05) is 12.1 Å². The highest BCUT2D eigenvalue weighted by molar-refractivity contribution is 7.80. The molecule has 18 heavy (non-hydrogen) atoms. The number of benzene rings is 1. The Morgan fingerprint density at radius 1 is 1.28 bits per heavy atom. The van der Waals surface area contributed by atoms with Gasteiger partial charge in [-0.3, -0.25) is 0 Å². The van der Waals surface area contributed by atoms with Crippen LogP contribution in [-0.2, 0) is 6.54 Å². The van der Waals surface area contributed by atoms with Crippen molar-refractivity contribution in [2.45, 2.75) is 32.2 Å². The lowest BCUT2D eigenvalue weighted by molar-refractivity contribution is 0.196. The number of nitrogens with zero attached hydrogens (tertiary/aromatic N) is 1. The summed E-state index contributed by atoms with van der Waals surface area (Å²) in [6.07, 6.45) is 5.37. The second-order valence-corrected chi connectivity index (χ2v) is 6.35. The molecule has 0 unspecified atom stereocenters. The summed E-state index contributed by atoms with van der Waals surface area (Å²) in [7, 11) is 2.19. The van der Waals surface area contributed by atoms with E-state index in [1.165, 1.54) is 31.2 Å². The summed E-state index contributed by atoms with van der Waals surface area (Å²) >= 11 is 10.8. The molecule has 0 saturated heterocycles. The van der Waals surface area contributed by atoms with Crippen molar-refractivity contribution in [1.82, 2.24) is 4.90 Å². The minimum Gasteiger partial charge on any atom is -0.301 e. The van der Waals surface area contributed by atoms with E-state index < -0.39 is 0 Å². The van der Waals surface area contributed by atoms with Crippen molar-refractivity contribution in [3.05, 3.63) is 34.9 Å². The van der Waals surface area contributed by atoms with Crippen molar-refractivity contribution < 1.29 is 0 Å². The van der Waals surface area contributed by atoms with Gasteiger partial charge in [-0.2, -0.15) is 12.6 Å². The molecule has 1 nitrogen and oxygen atoms in total. The lowest BCUT2D eigenvalue weighted by Crippen LogP contribution is -2.34. The molecular formula is C15H22ClNS. The molecule has 0 spiro atoms. The maximum absolute atomic E-state index is 6.21. The van der Waals surface area contributed by atoms with E-state index in [9.17, 15) is 0 Å². The Morgan fingerprint density at radius 2 is 1.94 bits per heavy atom. The van der Waals surface area contributed by atoms with E-state index in [2.05, 4.69) is 36.7 Å². The van der Waals surface area contributed by atoms with Crippen molar-refractivity contribution in [1.29, 1.82) is 0 Å². The van der Waals surface area contributed by atoms with Crippen molar-refractivity contribution in [2.75, 3.05) is 19.3 Å². The highest BCUT2D eigenvalue weighted by atomic mass is 35.5. The van der Waals surface area contributed by atoms with Crippen molar-refractivity contribution in [3.8, 4) is 0 Å². The summed E-state index contributed by atoms with van der Waals surface area (Å²) < 4.78 is 0. The van der Waals surface area contributed by atoms with Crippen LogP contribution in [0, 0.1) is 5.41 Å². The Kier molecular flexibility index (Phi) is 4.99. The first kappa shape index (κ1) is 14.2. The van der Waals surface area contributed by atoms with Gasteiger partial charge in [-0.25, -0.2) is 0 Å². The second-order valence-electron chi connectivity index (χ2n) is 5.63. The molecule has 1 fully saturated rings. The van der Waals surface area contributed by atoms with Crippen molar-refractivity contribution >= 4 is 24.2 Å². The predicted molar refractivity (Wildman–Crippen MR) is 82.5 cm³/mol. The number of thiol groups is 1. The smallest absolute Gasteiger partial charge is 0.0451 e. The van der Waals surface area contributed by atoms with Crippen LogP contribution >= 0.6 is 24.2 Å². The van der Waals surface area contributed by atoms with E-state index in [-0.39, 0.29) is 0 Å². The third-order valence-electron chi connectivity index (χ3n) is 4.00. The zero-order valence-electron chi connectivity index (χ0n) is 11.0. The molecule has 1 aromatic rings. The molecule has 0 aliphatic heterocycles. The fraction of sp³-hybridized carbons (Fsp3) is 0.600. The molecule has 100 valence electrons.